The SMILES string of the molecule is Oc1cc(-c2cn[nH]c2)cc(F)c1-c1nnc(N2CC3(CCNCC3)C2)s1. The minimum Gasteiger partial charge on any atom is -0.507 e. The van der Waals surface area contributed by atoms with Gasteiger partial charge in [-0.05, 0) is 43.6 Å². The Morgan fingerprint density at radius 3 is 2.67 bits per heavy atom. The lowest BCUT2D eigenvalue weighted by Crippen LogP contribution is -2.60. The maximum Gasteiger partial charge on any atom is 0.208 e. The van der Waals surface area contributed by atoms with E-state index in [0.717, 1.165) is 31.3 Å². The zero-order valence-corrected chi connectivity index (χ0v) is 15.4. The van der Waals surface area contributed by atoms with E-state index in [1.807, 2.05) is 0 Å². The van der Waals surface area contributed by atoms with Gasteiger partial charge in [0.1, 0.15) is 11.6 Å². The van der Waals surface area contributed by atoms with Gasteiger partial charge >= 0.3 is 0 Å². The molecule has 2 aliphatic rings. The lowest BCUT2D eigenvalue weighted by Gasteiger charge is -2.52. The second kappa shape index (κ2) is 6.28. The summed E-state index contributed by atoms with van der Waals surface area (Å²) in [5.74, 6) is -0.667. The van der Waals surface area contributed by atoms with Crippen LogP contribution in [0.2, 0.25) is 0 Å². The molecular weight excluding hydrogens is 367 g/mol. The van der Waals surface area contributed by atoms with E-state index in [1.54, 1.807) is 12.4 Å². The number of hydrogen-bond acceptors (Lipinski definition) is 7. The molecule has 140 valence electrons. The number of hydrogen-bond donors (Lipinski definition) is 3. The smallest absolute Gasteiger partial charge is 0.208 e. The molecule has 2 aromatic heterocycles. The van der Waals surface area contributed by atoms with Crippen LogP contribution in [-0.2, 0) is 0 Å². The summed E-state index contributed by atoms with van der Waals surface area (Å²) in [4.78, 5) is 2.20. The van der Waals surface area contributed by atoms with Crippen molar-refractivity contribution in [2.24, 2.45) is 5.41 Å². The van der Waals surface area contributed by atoms with Crippen molar-refractivity contribution in [2.45, 2.75) is 12.8 Å². The Hall–Kier alpha value is -2.52. The highest BCUT2D eigenvalue weighted by molar-refractivity contribution is 7.18. The number of aromatic amines is 1. The van der Waals surface area contributed by atoms with Crippen molar-refractivity contribution in [1.29, 1.82) is 0 Å². The van der Waals surface area contributed by atoms with Gasteiger partial charge in [-0.15, -0.1) is 10.2 Å². The molecule has 2 fully saturated rings. The van der Waals surface area contributed by atoms with Crippen LogP contribution in [0.25, 0.3) is 21.7 Å². The molecule has 4 heterocycles. The summed E-state index contributed by atoms with van der Waals surface area (Å²) in [5, 5.41) is 29.9. The Morgan fingerprint density at radius 2 is 1.96 bits per heavy atom. The van der Waals surface area contributed by atoms with Crippen molar-refractivity contribution in [1.82, 2.24) is 25.7 Å². The summed E-state index contributed by atoms with van der Waals surface area (Å²) < 4.78 is 14.7. The number of nitrogens with one attached hydrogen (secondary N) is 2. The molecule has 7 nitrogen and oxygen atoms in total. The van der Waals surface area contributed by atoms with Gasteiger partial charge in [0.25, 0.3) is 0 Å². The van der Waals surface area contributed by atoms with E-state index in [4.69, 9.17) is 0 Å². The number of halogens is 1. The average molecular weight is 386 g/mol. The highest BCUT2D eigenvalue weighted by atomic mass is 32.1. The van der Waals surface area contributed by atoms with E-state index >= 15 is 0 Å². The van der Waals surface area contributed by atoms with E-state index in [-0.39, 0.29) is 11.3 Å². The first kappa shape index (κ1) is 16.6. The van der Waals surface area contributed by atoms with E-state index in [1.165, 1.54) is 36.3 Å². The second-order valence-corrected chi connectivity index (χ2v) is 8.29. The van der Waals surface area contributed by atoms with Gasteiger partial charge < -0.3 is 15.3 Å². The Balaban J connectivity index is 1.39. The van der Waals surface area contributed by atoms with Crippen LogP contribution in [0.3, 0.4) is 0 Å². The number of nitrogens with zero attached hydrogens (tertiary/aromatic N) is 4. The zero-order chi connectivity index (χ0) is 18.4. The molecule has 3 N–H and O–H groups in total. The van der Waals surface area contributed by atoms with Crippen LogP contribution in [0, 0.1) is 11.2 Å². The summed E-state index contributed by atoms with van der Waals surface area (Å²) in [5.41, 5.74) is 1.75. The summed E-state index contributed by atoms with van der Waals surface area (Å²) in [6.45, 7) is 4.07. The molecule has 1 spiro atoms. The fourth-order valence-corrected chi connectivity index (χ4v) is 4.89. The fraction of sp³-hybridized carbons (Fsp3) is 0.389. The van der Waals surface area contributed by atoms with E-state index in [9.17, 15) is 9.50 Å². The molecule has 0 unspecified atom stereocenters. The van der Waals surface area contributed by atoms with Crippen LogP contribution in [0.5, 0.6) is 5.75 Å². The number of phenols is 1. The molecule has 0 amide bonds. The standard InChI is InChI=1S/C18H19FN6OS/c19-13-5-11(12-7-21-22-8-12)6-14(26)15(13)16-23-24-17(27-16)25-9-18(10-25)1-3-20-4-2-18/h5-8,20,26H,1-4,9-10H2,(H,21,22). The largest absolute Gasteiger partial charge is 0.507 e. The Bertz CT molecular complexity index is 935. The number of piperidine rings is 1. The fourth-order valence-electron chi connectivity index (χ4n) is 4.00. The summed E-state index contributed by atoms with van der Waals surface area (Å²) in [7, 11) is 0. The molecular formula is C18H19FN6OS. The van der Waals surface area contributed by atoms with Crippen molar-refractivity contribution in [3.63, 3.8) is 0 Å². The lowest BCUT2D eigenvalue weighted by molar-refractivity contribution is 0.149. The number of benzene rings is 1. The predicted octanol–water partition coefficient (Wildman–Crippen LogP) is 2.63. The van der Waals surface area contributed by atoms with Crippen molar-refractivity contribution in [2.75, 3.05) is 31.1 Å². The monoisotopic (exact) mass is 386 g/mol. The minimum atomic E-state index is -0.521. The molecule has 5 rings (SSSR count). The van der Waals surface area contributed by atoms with Crippen LogP contribution in [0.4, 0.5) is 9.52 Å². The Morgan fingerprint density at radius 1 is 1.15 bits per heavy atom. The summed E-state index contributed by atoms with van der Waals surface area (Å²) >= 11 is 1.32. The van der Waals surface area contributed by atoms with Gasteiger partial charge in [0.2, 0.25) is 5.13 Å². The van der Waals surface area contributed by atoms with Crippen molar-refractivity contribution in [3.8, 4) is 27.4 Å². The lowest BCUT2D eigenvalue weighted by atomic mass is 9.73. The molecule has 0 radical (unpaired) electrons. The number of aromatic nitrogens is 4. The number of rotatable bonds is 3. The van der Waals surface area contributed by atoms with Crippen LogP contribution in [0.1, 0.15) is 12.8 Å². The number of aromatic hydroxyl groups is 1. The molecule has 2 saturated heterocycles. The van der Waals surface area contributed by atoms with Gasteiger partial charge in [0.05, 0.1) is 11.8 Å². The third-order valence-electron chi connectivity index (χ3n) is 5.52. The number of H-pyrrole nitrogens is 1. The number of anilines is 1. The van der Waals surface area contributed by atoms with Gasteiger partial charge in [0, 0.05) is 30.3 Å². The van der Waals surface area contributed by atoms with Gasteiger partial charge in [-0.3, -0.25) is 5.10 Å². The molecule has 3 aromatic rings. The summed E-state index contributed by atoms with van der Waals surface area (Å²) in [6.07, 6.45) is 5.59. The quantitative estimate of drug-likeness (QED) is 0.641. The van der Waals surface area contributed by atoms with Crippen LogP contribution in [0.15, 0.2) is 24.5 Å². The Kier molecular flexibility index (Phi) is 3.87. The first-order valence-corrected chi connectivity index (χ1v) is 9.76. The van der Waals surface area contributed by atoms with Gasteiger partial charge in [-0.25, -0.2) is 4.39 Å². The molecule has 0 bridgehead atoms. The highest BCUT2D eigenvalue weighted by Crippen LogP contribution is 2.44. The first-order valence-electron chi connectivity index (χ1n) is 8.95. The van der Waals surface area contributed by atoms with E-state index in [2.05, 4.69) is 30.6 Å². The maximum absolute atomic E-state index is 14.7. The maximum atomic E-state index is 14.7. The molecule has 27 heavy (non-hydrogen) atoms. The third kappa shape index (κ3) is 2.87. The van der Waals surface area contributed by atoms with Gasteiger partial charge in [-0.1, -0.05) is 11.3 Å². The van der Waals surface area contributed by atoms with Crippen LogP contribution < -0.4 is 10.2 Å². The zero-order valence-electron chi connectivity index (χ0n) is 14.6. The van der Waals surface area contributed by atoms with Gasteiger partial charge in [-0.2, -0.15) is 5.10 Å². The molecule has 1 aromatic carbocycles. The minimum absolute atomic E-state index is 0.100. The molecule has 0 atom stereocenters. The third-order valence-corrected chi connectivity index (χ3v) is 6.52. The van der Waals surface area contributed by atoms with Crippen molar-refractivity contribution < 1.29 is 9.50 Å². The average Bonchev–Trinajstić information content (AvgIpc) is 3.32. The molecule has 9 heteroatoms. The molecule has 0 saturated carbocycles. The summed E-state index contributed by atoms with van der Waals surface area (Å²) in [6, 6.07) is 2.91. The first-order chi connectivity index (χ1) is 13.1. The Labute approximate surface area is 159 Å². The second-order valence-electron chi connectivity index (χ2n) is 7.34. The number of phenolic OH excluding ortho intramolecular Hbond substituents is 1. The predicted molar refractivity (Wildman–Crippen MR) is 101 cm³/mol. The van der Waals surface area contributed by atoms with Crippen LogP contribution in [-0.4, -0.2) is 51.7 Å². The van der Waals surface area contributed by atoms with Crippen molar-refractivity contribution >= 4 is 16.5 Å². The van der Waals surface area contributed by atoms with Crippen molar-refractivity contribution in [3.05, 3.63) is 30.3 Å². The van der Waals surface area contributed by atoms with E-state index in [0.29, 0.717) is 21.5 Å². The molecule has 2 aliphatic heterocycles. The van der Waals surface area contributed by atoms with E-state index < -0.39 is 5.82 Å². The highest BCUT2D eigenvalue weighted by Gasteiger charge is 2.44. The topological polar surface area (TPSA) is 90.0 Å². The van der Waals surface area contributed by atoms with Crippen LogP contribution >= 0.6 is 11.3 Å². The van der Waals surface area contributed by atoms with Gasteiger partial charge in [0.15, 0.2) is 5.01 Å². The molecule has 0 aliphatic carbocycles. The normalized spacial score (nSPS) is 18.6.